The lowest BCUT2D eigenvalue weighted by atomic mass is 9.63. The molecule has 0 aromatic heterocycles. The highest BCUT2D eigenvalue weighted by molar-refractivity contribution is 5.85. The maximum atomic E-state index is 6.21. The Labute approximate surface area is 183 Å². The molecule has 31 heavy (non-hydrogen) atoms. The zero-order chi connectivity index (χ0) is 20.9. The van der Waals surface area contributed by atoms with Gasteiger partial charge in [-0.05, 0) is 22.3 Å². The van der Waals surface area contributed by atoms with Crippen molar-refractivity contribution in [1.29, 1.82) is 0 Å². The lowest BCUT2D eigenvalue weighted by Gasteiger charge is -2.39. The van der Waals surface area contributed by atoms with Gasteiger partial charge in [0.1, 0.15) is 6.61 Å². The summed E-state index contributed by atoms with van der Waals surface area (Å²) < 4.78 is 6.21. The summed E-state index contributed by atoms with van der Waals surface area (Å²) in [5.74, 6) is 0.850. The molecule has 0 unspecified atom stereocenters. The largest absolute Gasteiger partial charge is 0.477 e. The Morgan fingerprint density at radius 2 is 1.00 bits per heavy atom. The molecule has 2 nitrogen and oxygen atoms in total. The standard InChI is InChI=1S/C29H25NO/c1-5-13-23(14-6-1)27(28-30-21-22-31-28)29(24-15-7-2-8-16-24,25-17-9-3-10-18-25)26-19-11-4-12-20-26/h1-20,30H,21-22H2. The first-order valence-corrected chi connectivity index (χ1v) is 10.7. The monoisotopic (exact) mass is 403 g/mol. The molecule has 0 bridgehead atoms. The van der Waals surface area contributed by atoms with Crippen molar-refractivity contribution >= 4 is 5.57 Å². The number of hydrogen-bond donors (Lipinski definition) is 1. The summed E-state index contributed by atoms with van der Waals surface area (Å²) in [6.45, 7) is 1.47. The van der Waals surface area contributed by atoms with Gasteiger partial charge in [0, 0.05) is 5.57 Å². The fourth-order valence-electron chi connectivity index (χ4n) is 4.65. The minimum atomic E-state index is -0.544. The van der Waals surface area contributed by atoms with Crippen molar-refractivity contribution in [1.82, 2.24) is 5.32 Å². The Bertz CT molecular complexity index is 1050. The van der Waals surface area contributed by atoms with Gasteiger partial charge in [-0.2, -0.15) is 0 Å². The third-order valence-corrected chi connectivity index (χ3v) is 5.92. The highest BCUT2D eigenvalue weighted by atomic mass is 16.5. The van der Waals surface area contributed by atoms with Gasteiger partial charge in [0.05, 0.1) is 12.0 Å². The third kappa shape index (κ3) is 3.40. The molecule has 4 aromatic carbocycles. The van der Waals surface area contributed by atoms with E-state index < -0.39 is 5.41 Å². The van der Waals surface area contributed by atoms with Gasteiger partial charge in [-0.25, -0.2) is 0 Å². The van der Waals surface area contributed by atoms with E-state index in [0.29, 0.717) is 6.61 Å². The van der Waals surface area contributed by atoms with E-state index in [1.807, 2.05) is 0 Å². The minimum absolute atomic E-state index is 0.544. The van der Waals surface area contributed by atoms with E-state index in [1.165, 1.54) is 16.7 Å². The molecule has 1 saturated heterocycles. The summed E-state index contributed by atoms with van der Waals surface area (Å²) in [6.07, 6.45) is 0. The van der Waals surface area contributed by atoms with Crippen LogP contribution in [0.25, 0.3) is 5.57 Å². The normalized spacial score (nSPS) is 15.1. The Balaban J connectivity index is 1.95. The molecule has 0 spiro atoms. The second-order valence-electron chi connectivity index (χ2n) is 7.69. The molecular weight excluding hydrogens is 378 g/mol. The molecule has 1 aliphatic heterocycles. The number of rotatable bonds is 5. The highest BCUT2D eigenvalue weighted by Crippen LogP contribution is 2.50. The van der Waals surface area contributed by atoms with Crippen LogP contribution in [0.4, 0.5) is 0 Å². The van der Waals surface area contributed by atoms with E-state index in [4.69, 9.17) is 4.74 Å². The van der Waals surface area contributed by atoms with Gasteiger partial charge in [-0.3, -0.25) is 0 Å². The van der Waals surface area contributed by atoms with Gasteiger partial charge in [-0.15, -0.1) is 0 Å². The molecule has 1 N–H and O–H groups in total. The summed E-state index contributed by atoms with van der Waals surface area (Å²) in [7, 11) is 0. The summed E-state index contributed by atoms with van der Waals surface area (Å²) in [6, 6.07) is 42.8. The van der Waals surface area contributed by atoms with Gasteiger partial charge in [0.15, 0.2) is 5.88 Å². The summed E-state index contributed by atoms with van der Waals surface area (Å²) >= 11 is 0. The molecule has 1 fully saturated rings. The van der Waals surface area contributed by atoms with Crippen molar-refractivity contribution in [3.05, 3.63) is 149 Å². The lowest BCUT2D eigenvalue weighted by Crippen LogP contribution is -2.33. The second kappa shape index (κ2) is 8.53. The fraction of sp³-hybridized carbons (Fsp3) is 0.103. The van der Waals surface area contributed by atoms with Crippen LogP contribution in [0, 0.1) is 0 Å². The Morgan fingerprint density at radius 3 is 1.39 bits per heavy atom. The molecule has 5 rings (SSSR count). The quantitative estimate of drug-likeness (QED) is 0.412. The van der Waals surface area contributed by atoms with Crippen LogP contribution in [0.5, 0.6) is 0 Å². The van der Waals surface area contributed by atoms with E-state index in [9.17, 15) is 0 Å². The fourth-order valence-corrected chi connectivity index (χ4v) is 4.65. The predicted octanol–water partition coefficient (Wildman–Crippen LogP) is 6.01. The van der Waals surface area contributed by atoms with Gasteiger partial charge in [0.2, 0.25) is 0 Å². The summed E-state index contributed by atoms with van der Waals surface area (Å²) in [4.78, 5) is 0. The van der Waals surface area contributed by atoms with Crippen molar-refractivity contribution in [2.45, 2.75) is 5.41 Å². The average molecular weight is 404 g/mol. The molecule has 0 saturated carbocycles. The molecule has 4 aromatic rings. The smallest absolute Gasteiger partial charge is 0.192 e. The van der Waals surface area contributed by atoms with E-state index >= 15 is 0 Å². The maximum Gasteiger partial charge on any atom is 0.192 e. The molecule has 1 heterocycles. The number of allylic oxidation sites excluding steroid dienone is 1. The van der Waals surface area contributed by atoms with Crippen LogP contribution in [0.3, 0.4) is 0 Å². The minimum Gasteiger partial charge on any atom is -0.477 e. The first-order chi connectivity index (χ1) is 15.4. The number of ether oxygens (including phenoxy) is 1. The van der Waals surface area contributed by atoms with Crippen LogP contribution in [-0.2, 0) is 10.2 Å². The molecule has 152 valence electrons. The Hall–Kier alpha value is -3.78. The molecule has 2 heteroatoms. The zero-order valence-electron chi connectivity index (χ0n) is 17.4. The van der Waals surface area contributed by atoms with Crippen LogP contribution in [-0.4, -0.2) is 13.2 Å². The molecule has 0 amide bonds. The molecule has 0 radical (unpaired) electrons. The van der Waals surface area contributed by atoms with Crippen LogP contribution < -0.4 is 5.32 Å². The van der Waals surface area contributed by atoms with Crippen molar-refractivity contribution in [3.63, 3.8) is 0 Å². The van der Waals surface area contributed by atoms with Gasteiger partial charge in [0.25, 0.3) is 0 Å². The number of nitrogens with one attached hydrogen (secondary N) is 1. The van der Waals surface area contributed by atoms with Crippen molar-refractivity contribution in [2.75, 3.05) is 13.2 Å². The van der Waals surface area contributed by atoms with E-state index in [1.54, 1.807) is 0 Å². The molecule has 0 atom stereocenters. The first kappa shape index (κ1) is 19.2. The van der Waals surface area contributed by atoms with Gasteiger partial charge in [-0.1, -0.05) is 121 Å². The van der Waals surface area contributed by atoms with Crippen LogP contribution in [0.2, 0.25) is 0 Å². The number of hydrogen-bond acceptors (Lipinski definition) is 2. The SMILES string of the molecule is c1ccc(C(=C2NCCO2)C(c2ccccc2)(c2ccccc2)c2ccccc2)cc1. The Kier molecular flexibility index (Phi) is 5.28. The van der Waals surface area contributed by atoms with Gasteiger partial charge < -0.3 is 10.1 Å². The molecule has 0 aliphatic carbocycles. The topological polar surface area (TPSA) is 21.3 Å². The van der Waals surface area contributed by atoms with Crippen molar-refractivity contribution in [2.24, 2.45) is 0 Å². The van der Waals surface area contributed by atoms with E-state index in [0.717, 1.165) is 23.6 Å². The van der Waals surface area contributed by atoms with Crippen LogP contribution >= 0.6 is 0 Å². The highest BCUT2D eigenvalue weighted by Gasteiger charge is 2.43. The van der Waals surface area contributed by atoms with Crippen LogP contribution in [0.1, 0.15) is 22.3 Å². The Morgan fingerprint density at radius 1 is 0.581 bits per heavy atom. The van der Waals surface area contributed by atoms with E-state index in [2.05, 4.69) is 127 Å². The predicted molar refractivity (Wildman–Crippen MR) is 127 cm³/mol. The van der Waals surface area contributed by atoms with Crippen LogP contribution in [0.15, 0.2) is 127 Å². The molecule has 1 aliphatic rings. The summed E-state index contributed by atoms with van der Waals surface area (Å²) in [5, 5.41) is 3.53. The first-order valence-electron chi connectivity index (χ1n) is 10.7. The average Bonchev–Trinajstić information content (AvgIpc) is 3.39. The van der Waals surface area contributed by atoms with Crippen molar-refractivity contribution < 1.29 is 4.74 Å². The second-order valence-corrected chi connectivity index (χ2v) is 7.69. The van der Waals surface area contributed by atoms with E-state index in [-0.39, 0.29) is 0 Å². The zero-order valence-corrected chi connectivity index (χ0v) is 17.4. The van der Waals surface area contributed by atoms with Gasteiger partial charge >= 0.3 is 0 Å². The lowest BCUT2D eigenvalue weighted by molar-refractivity contribution is 0.265. The summed E-state index contributed by atoms with van der Waals surface area (Å²) in [5.41, 5.74) is 5.35. The number of benzene rings is 4. The molecular formula is C29H25NO. The van der Waals surface area contributed by atoms with Crippen molar-refractivity contribution in [3.8, 4) is 0 Å². The third-order valence-electron chi connectivity index (χ3n) is 5.92. The maximum absolute atomic E-state index is 6.21.